The highest BCUT2D eigenvalue weighted by Gasteiger charge is 2.02. The minimum atomic E-state index is -0.315. The van der Waals surface area contributed by atoms with Crippen LogP contribution in [0.4, 0.5) is 0 Å². The molecule has 1 amide bonds. The van der Waals surface area contributed by atoms with E-state index in [9.17, 15) is 9.59 Å². The van der Waals surface area contributed by atoms with E-state index < -0.39 is 0 Å². The van der Waals surface area contributed by atoms with E-state index in [1.807, 2.05) is 0 Å². The Labute approximate surface area is 88.9 Å². The molecule has 0 aliphatic rings. The molecule has 0 radical (unpaired) electrons. The number of amides is 1. The number of thioether (sulfide) groups is 1. The average Bonchev–Trinajstić information content (AvgIpc) is 2.49. The summed E-state index contributed by atoms with van der Waals surface area (Å²) in [5, 5.41) is 3.80. The molecule has 76 valence electrons. The molecule has 1 heterocycles. The summed E-state index contributed by atoms with van der Waals surface area (Å²) in [6.07, 6.45) is 0. The number of rotatable bonds is 2. The smallest absolute Gasteiger partial charge is 0.258 e. The van der Waals surface area contributed by atoms with Crippen molar-refractivity contribution in [1.82, 2.24) is 9.78 Å². The second-order valence-corrected chi connectivity index (χ2v) is 4.39. The normalized spacial score (nSPS) is 11.7. The topological polar surface area (TPSA) is 64.3 Å². The van der Waals surface area contributed by atoms with E-state index in [-0.39, 0.29) is 16.8 Å². The number of carbonyl (C=O) groups excluding carboxylic acids is 2. The predicted molar refractivity (Wildman–Crippen MR) is 54.8 cm³/mol. The lowest BCUT2D eigenvalue weighted by molar-refractivity contribution is -0.116. The summed E-state index contributed by atoms with van der Waals surface area (Å²) in [5.74, 6) is -0.224. The number of carbonyl (C=O) groups is 2. The Hall–Kier alpha value is -0.950. The first-order chi connectivity index (χ1) is 6.59. The summed E-state index contributed by atoms with van der Waals surface area (Å²) in [6, 6.07) is 0. The molecule has 1 rings (SSSR count). The van der Waals surface area contributed by atoms with Gasteiger partial charge >= 0.3 is 0 Å². The van der Waals surface area contributed by atoms with Crippen LogP contribution < -0.4 is 4.80 Å². The first kappa shape index (κ1) is 11.1. The van der Waals surface area contributed by atoms with Gasteiger partial charge in [-0.25, -0.2) is 4.68 Å². The van der Waals surface area contributed by atoms with E-state index in [4.69, 9.17) is 0 Å². The molecular formula is C7H9N3O2S2. The van der Waals surface area contributed by atoms with E-state index in [1.54, 1.807) is 12.6 Å². The average molecular weight is 231 g/mol. The van der Waals surface area contributed by atoms with E-state index in [2.05, 4.69) is 10.1 Å². The van der Waals surface area contributed by atoms with Crippen molar-refractivity contribution in [2.75, 3.05) is 5.75 Å². The molecule has 0 saturated carbocycles. The van der Waals surface area contributed by atoms with Crippen LogP contribution in [0.2, 0.25) is 0 Å². The Kier molecular flexibility index (Phi) is 4.02. The molecule has 0 bridgehead atoms. The van der Waals surface area contributed by atoms with Gasteiger partial charge < -0.3 is 0 Å². The number of hydrogen-bond donors (Lipinski definition) is 0. The summed E-state index contributed by atoms with van der Waals surface area (Å²) in [5.41, 5.74) is 1.60. The monoisotopic (exact) mass is 231 g/mol. The molecule has 0 unspecified atom stereocenters. The molecule has 0 spiro atoms. The first-order valence-electron chi connectivity index (χ1n) is 3.77. The Morgan fingerprint density at radius 1 is 1.71 bits per heavy atom. The van der Waals surface area contributed by atoms with E-state index >= 15 is 0 Å². The summed E-state index contributed by atoms with van der Waals surface area (Å²) < 4.78 is 1.51. The highest BCUT2D eigenvalue weighted by molar-refractivity contribution is 8.14. The number of aryl methyl sites for hydroxylation is 1. The zero-order chi connectivity index (χ0) is 10.6. The van der Waals surface area contributed by atoms with Gasteiger partial charge in [-0.3, -0.25) is 9.59 Å². The van der Waals surface area contributed by atoms with Crippen molar-refractivity contribution in [3.05, 3.63) is 10.3 Å². The van der Waals surface area contributed by atoms with Crippen LogP contribution in [0.25, 0.3) is 0 Å². The number of aromatic nitrogens is 2. The maximum absolute atomic E-state index is 11.2. The zero-order valence-corrected chi connectivity index (χ0v) is 9.39. The van der Waals surface area contributed by atoms with Crippen molar-refractivity contribution >= 4 is 34.1 Å². The fourth-order valence-corrected chi connectivity index (χ4v) is 1.70. The molecular weight excluding hydrogens is 222 g/mol. The third kappa shape index (κ3) is 3.43. The summed E-state index contributed by atoms with van der Waals surface area (Å²) in [6.45, 7) is 1.42. The van der Waals surface area contributed by atoms with Crippen molar-refractivity contribution in [1.29, 1.82) is 0 Å². The van der Waals surface area contributed by atoms with Crippen LogP contribution >= 0.6 is 23.1 Å². The Morgan fingerprint density at radius 3 is 2.93 bits per heavy atom. The Bertz CT molecular complexity index is 407. The van der Waals surface area contributed by atoms with Gasteiger partial charge in [0.05, 0.1) is 5.75 Å². The van der Waals surface area contributed by atoms with Crippen molar-refractivity contribution in [3.63, 3.8) is 0 Å². The standard InChI is InChI=1S/C7H9N3O2S2/c1-5(11)13-3-6(12)9-7-10(2)8-4-14-7/h4H,3H2,1-2H3. The van der Waals surface area contributed by atoms with Crippen LogP contribution in [0.3, 0.4) is 0 Å². The maximum atomic E-state index is 11.2. The SMILES string of the molecule is CC(=O)SCC(=O)N=c1scnn1C. The van der Waals surface area contributed by atoms with Gasteiger partial charge in [0.2, 0.25) is 4.80 Å². The molecule has 0 aromatic carbocycles. The van der Waals surface area contributed by atoms with Gasteiger partial charge in [0.15, 0.2) is 5.12 Å². The van der Waals surface area contributed by atoms with E-state index in [0.29, 0.717) is 4.80 Å². The highest BCUT2D eigenvalue weighted by atomic mass is 32.2. The fraction of sp³-hybridized carbons (Fsp3) is 0.429. The second kappa shape index (κ2) is 5.06. The van der Waals surface area contributed by atoms with Crippen LogP contribution in [-0.2, 0) is 16.6 Å². The second-order valence-electron chi connectivity index (χ2n) is 2.43. The van der Waals surface area contributed by atoms with Crippen LogP contribution in [0.5, 0.6) is 0 Å². The highest BCUT2D eigenvalue weighted by Crippen LogP contribution is 2.00. The fourth-order valence-electron chi connectivity index (χ4n) is 0.668. The van der Waals surface area contributed by atoms with Gasteiger partial charge in [-0.15, -0.1) is 0 Å². The maximum Gasteiger partial charge on any atom is 0.258 e. The molecule has 0 fully saturated rings. The first-order valence-corrected chi connectivity index (χ1v) is 5.64. The Balaban J connectivity index is 2.65. The third-order valence-electron chi connectivity index (χ3n) is 1.27. The van der Waals surface area contributed by atoms with Gasteiger partial charge in [-0.05, 0) is 0 Å². The van der Waals surface area contributed by atoms with Crippen LogP contribution in [-0.4, -0.2) is 26.6 Å². The third-order valence-corrected chi connectivity index (χ3v) is 2.84. The summed E-state index contributed by atoms with van der Waals surface area (Å²) in [7, 11) is 1.71. The minimum absolute atomic E-state index is 0.0813. The molecule has 1 aromatic rings. The molecule has 0 aliphatic carbocycles. The van der Waals surface area contributed by atoms with Gasteiger partial charge in [-0.1, -0.05) is 23.1 Å². The Morgan fingerprint density at radius 2 is 2.43 bits per heavy atom. The van der Waals surface area contributed by atoms with Crippen molar-refractivity contribution in [2.45, 2.75) is 6.92 Å². The largest absolute Gasteiger partial charge is 0.288 e. The van der Waals surface area contributed by atoms with Gasteiger partial charge in [0.25, 0.3) is 5.91 Å². The van der Waals surface area contributed by atoms with E-state index in [1.165, 1.54) is 22.9 Å². The number of nitrogens with zero attached hydrogens (tertiary/aromatic N) is 3. The molecule has 0 saturated heterocycles. The van der Waals surface area contributed by atoms with E-state index in [0.717, 1.165) is 11.8 Å². The van der Waals surface area contributed by atoms with Crippen LogP contribution in [0.1, 0.15) is 6.92 Å². The molecule has 0 aliphatic heterocycles. The van der Waals surface area contributed by atoms with Crippen molar-refractivity contribution in [3.8, 4) is 0 Å². The lowest BCUT2D eigenvalue weighted by Gasteiger charge is -1.90. The van der Waals surface area contributed by atoms with Gasteiger partial charge in [0, 0.05) is 14.0 Å². The van der Waals surface area contributed by atoms with Crippen molar-refractivity contribution < 1.29 is 9.59 Å². The lowest BCUT2D eigenvalue weighted by Crippen LogP contribution is -2.15. The zero-order valence-electron chi connectivity index (χ0n) is 7.76. The van der Waals surface area contributed by atoms with Crippen LogP contribution in [0.15, 0.2) is 10.5 Å². The molecule has 0 atom stereocenters. The minimum Gasteiger partial charge on any atom is -0.288 e. The molecule has 5 nitrogen and oxygen atoms in total. The molecule has 7 heteroatoms. The molecule has 0 N–H and O–H groups in total. The molecule has 14 heavy (non-hydrogen) atoms. The van der Waals surface area contributed by atoms with Crippen molar-refractivity contribution in [2.24, 2.45) is 12.0 Å². The molecule has 1 aromatic heterocycles. The number of hydrogen-bond acceptors (Lipinski definition) is 5. The quantitative estimate of drug-likeness (QED) is 0.728. The van der Waals surface area contributed by atoms with Crippen LogP contribution in [0, 0.1) is 0 Å². The lowest BCUT2D eigenvalue weighted by atomic mass is 10.7. The van der Waals surface area contributed by atoms with Gasteiger partial charge in [0.1, 0.15) is 5.51 Å². The van der Waals surface area contributed by atoms with Gasteiger partial charge in [-0.2, -0.15) is 10.1 Å². The summed E-state index contributed by atoms with van der Waals surface area (Å²) in [4.78, 5) is 26.1. The summed E-state index contributed by atoms with van der Waals surface area (Å²) >= 11 is 2.24. The predicted octanol–water partition coefficient (Wildman–Crippen LogP) is 0.189.